The van der Waals surface area contributed by atoms with Crippen molar-refractivity contribution in [2.24, 2.45) is 0 Å². The number of nitrogens with zero attached hydrogens (tertiary/aromatic N) is 3. The number of benzene rings is 2. The van der Waals surface area contributed by atoms with Gasteiger partial charge in [-0.2, -0.15) is 31.4 Å². The lowest BCUT2D eigenvalue weighted by Gasteiger charge is -2.35. The minimum absolute atomic E-state index is 0.0941. The van der Waals surface area contributed by atoms with E-state index < -0.39 is 41.5 Å². The average Bonchev–Trinajstić information content (AvgIpc) is 3.57. The molecule has 7 nitrogen and oxygen atoms in total. The summed E-state index contributed by atoms with van der Waals surface area (Å²) in [6, 6.07) is 5.67. The third kappa shape index (κ3) is 4.71. The molecule has 2 aliphatic heterocycles. The first-order valence-electron chi connectivity index (χ1n) is 12.0. The Kier molecular flexibility index (Phi) is 6.14. The van der Waals surface area contributed by atoms with Gasteiger partial charge in [-0.15, -0.1) is 0 Å². The highest BCUT2D eigenvalue weighted by atomic mass is 35.5. The molecule has 4 heterocycles. The SMILES string of the molecule is O=C1NC(c2cc(F)ccc2Cl)c2c(Nc3cc(C(F)(F)F)ccn3)cc(-c3cc(C(F)(F)F)[nH]n3)c3c2N1CC3. The molecule has 2 aromatic carbocycles. The van der Waals surface area contributed by atoms with Crippen LogP contribution in [0.3, 0.4) is 0 Å². The van der Waals surface area contributed by atoms with Crippen LogP contribution in [0.4, 0.5) is 52.7 Å². The number of anilines is 3. The Bertz CT molecular complexity index is 1700. The van der Waals surface area contributed by atoms with Crippen LogP contribution in [0.5, 0.6) is 0 Å². The third-order valence-corrected chi connectivity index (χ3v) is 7.22. The fourth-order valence-electron chi connectivity index (χ4n) is 5.11. The average molecular weight is 597 g/mol. The second-order valence-corrected chi connectivity index (χ2v) is 9.79. The van der Waals surface area contributed by atoms with Crippen molar-refractivity contribution in [3.05, 3.63) is 87.4 Å². The maximum absolute atomic E-state index is 14.3. The fourth-order valence-corrected chi connectivity index (χ4v) is 5.34. The molecule has 0 saturated heterocycles. The van der Waals surface area contributed by atoms with E-state index in [1.54, 1.807) is 0 Å². The van der Waals surface area contributed by atoms with Crippen LogP contribution in [-0.2, 0) is 18.8 Å². The van der Waals surface area contributed by atoms with Crippen LogP contribution in [0.1, 0.15) is 34.0 Å². The van der Waals surface area contributed by atoms with E-state index in [-0.39, 0.29) is 46.3 Å². The Labute approximate surface area is 231 Å². The van der Waals surface area contributed by atoms with Crippen LogP contribution in [-0.4, -0.2) is 27.8 Å². The van der Waals surface area contributed by atoms with Crippen LogP contribution >= 0.6 is 11.6 Å². The highest BCUT2D eigenvalue weighted by Gasteiger charge is 2.42. The van der Waals surface area contributed by atoms with Gasteiger partial charge in [-0.1, -0.05) is 11.6 Å². The molecule has 0 fully saturated rings. The first-order chi connectivity index (χ1) is 19.3. The lowest BCUT2D eigenvalue weighted by atomic mass is 9.88. The number of aromatic amines is 1. The number of hydrogen-bond acceptors (Lipinski definition) is 4. The molecule has 0 bridgehead atoms. The highest BCUT2D eigenvalue weighted by Crippen LogP contribution is 2.50. The van der Waals surface area contributed by atoms with Crippen molar-refractivity contribution in [1.82, 2.24) is 20.5 Å². The molecule has 0 aliphatic carbocycles. The van der Waals surface area contributed by atoms with Gasteiger partial charge in [0.25, 0.3) is 0 Å². The molecule has 4 aromatic rings. The number of alkyl halides is 6. The number of amides is 2. The number of pyridine rings is 1. The zero-order chi connectivity index (χ0) is 29.3. The molecule has 2 amide bonds. The van der Waals surface area contributed by atoms with Gasteiger partial charge in [0, 0.05) is 40.1 Å². The zero-order valence-corrected chi connectivity index (χ0v) is 21.1. The number of carbonyl (C=O) groups excluding carboxylic acids is 1. The molecule has 6 rings (SSSR count). The van der Waals surface area contributed by atoms with Crippen LogP contribution in [0.25, 0.3) is 11.3 Å². The van der Waals surface area contributed by atoms with Crippen molar-refractivity contribution in [3.8, 4) is 11.3 Å². The molecule has 1 unspecified atom stereocenters. The smallest absolute Gasteiger partial charge is 0.340 e. The first-order valence-corrected chi connectivity index (χ1v) is 12.3. The zero-order valence-electron chi connectivity index (χ0n) is 20.4. The highest BCUT2D eigenvalue weighted by molar-refractivity contribution is 6.31. The van der Waals surface area contributed by atoms with Gasteiger partial charge in [-0.05, 0) is 54.4 Å². The third-order valence-electron chi connectivity index (χ3n) is 6.88. The quantitative estimate of drug-likeness (QED) is 0.217. The minimum Gasteiger partial charge on any atom is -0.340 e. The van der Waals surface area contributed by atoms with Gasteiger partial charge in [0.05, 0.1) is 23.0 Å². The van der Waals surface area contributed by atoms with E-state index in [4.69, 9.17) is 11.6 Å². The van der Waals surface area contributed by atoms with Gasteiger partial charge in [0.15, 0.2) is 0 Å². The Morgan fingerprint density at radius 3 is 2.51 bits per heavy atom. The maximum Gasteiger partial charge on any atom is 0.432 e. The van der Waals surface area contributed by atoms with Crippen molar-refractivity contribution in [2.75, 3.05) is 16.8 Å². The number of H-pyrrole nitrogens is 1. The maximum atomic E-state index is 14.3. The van der Waals surface area contributed by atoms with E-state index in [2.05, 4.69) is 20.7 Å². The Morgan fingerprint density at radius 2 is 1.80 bits per heavy atom. The van der Waals surface area contributed by atoms with E-state index in [0.717, 1.165) is 36.5 Å². The minimum atomic E-state index is -4.71. The number of nitrogens with one attached hydrogen (secondary N) is 3. The van der Waals surface area contributed by atoms with Gasteiger partial charge in [0.2, 0.25) is 0 Å². The molecule has 2 aromatic heterocycles. The standard InChI is InChI=1S/C26H16ClF7N6O/c27-16-2-1-12(28)8-15(16)22-21-18(36-20-7-11(3-5-35-20)25(29,30)31)9-14(17-10-19(39-38-17)26(32,33)34)13-4-6-40(23(13)21)24(41)37-22/h1-3,5,7-10,22H,4,6H2,(H,35,36)(H,37,41)(H,38,39). The van der Waals surface area contributed by atoms with E-state index in [9.17, 15) is 35.5 Å². The Balaban J connectivity index is 1.60. The van der Waals surface area contributed by atoms with Gasteiger partial charge in [-0.25, -0.2) is 14.2 Å². The second kappa shape index (κ2) is 9.36. The molecule has 0 spiro atoms. The monoisotopic (exact) mass is 596 g/mol. The van der Waals surface area contributed by atoms with Gasteiger partial charge < -0.3 is 10.6 Å². The molecule has 41 heavy (non-hydrogen) atoms. The largest absolute Gasteiger partial charge is 0.432 e. The van der Waals surface area contributed by atoms with Gasteiger partial charge >= 0.3 is 18.4 Å². The van der Waals surface area contributed by atoms with Crippen molar-refractivity contribution in [3.63, 3.8) is 0 Å². The molecule has 0 radical (unpaired) electrons. The molecular formula is C26H16ClF7N6O. The van der Waals surface area contributed by atoms with E-state index >= 15 is 0 Å². The topological polar surface area (TPSA) is 85.9 Å². The van der Waals surface area contributed by atoms with Crippen molar-refractivity contribution >= 4 is 34.8 Å². The summed E-state index contributed by atoms with van der Waals surface area (Å²) in [6.07, 6.45) is -8.20. The number of halogens is 8. The number of carbonyl (C=O) groups is 1. The molecular weight excluding hydrogens is 581 g/mol. The van der Waals surface area contributed by atoms with Gasteiger partial charge in [-0.3, -0.25) is 10.00 Å². The summed E-state index contributed by atoms with van der Waals surface area (Å²) in [7, 11) is 0. The lowest BCUT2D eigenvalue weighted by molar-refractivity contribution is -0.141. The molecule has 0 saturated carbocycles. The lowest BCUT2D eigenvalue weighted by Crippen LogP contribution is -2.46. The fraction of sp³-hybridized carbons (Fsp3) is 0.192. The molecule has 1 atom stereocenters. The predicted molar refractivity (Wildman–Crippen MR) is 134 cm³/mol. The number of rotatable bonds is 4. The number of hydrogen-bond donors (Lipinski definition) is 3. The summed E-state index contributed by atoms with van der Waals surface area (Å²) in [5, 5.41) is 11.5. The Hall–Kier alpha value is -4.33. The van der Waals surface area contributed by atoms with Crippen LogP contribution in [0.15, 0.2) is 48.7 Å². The summed E-state index contributed by atoms with van der Waals surface area (Å²) in [6.45, 7) is 0.159. The molecule has 15 heteroatoms. The van der Waals surface area contributed by atoms with E-state index in [1.807, 2.05) is 5.10 Å². The van der Waals surface area contributed by atoms with Crippen LogP contribution in [0, 0.1) is 5.82 Å². The normalized spacial score (nSPS) is 16.5. The summed E-state index contributed by atoms with van der Waals surface area (Å²) < 4.78 is 94.6. The number of urea groups is 1. The summed E-state index contributed by atoms with van der Waals surface area (Å²) in [5.41, 5.74) is -0.609. The first kappa shape index (κ1) is 26.9. The summed E-state index contributed by atoms with van der Waals surface area (Å²) in [5.74, 6) is -0.884. The molecule has 212 valence electrons. The predicted octanol–water partition coefficient (Wildman–Crippen LogP) is 7.22. The molecule has 3 N–H and O–H groups in total. The van der Waals surface area contributed by atoms with Crippen molar-refractivity contribution in [2.45, 2.75) is 24.8 Å². The van der Waals surface area contributed by atoms with Crippen molar-refractivity contribution < 1.29 is 35.5 Å². The Morgan fingerprint density at radius 1 is 1.02 bits per heavy atom. The number of aromatic nitrogens is 3. The summed E-state index contributed by atoms with van der Waals surface area (Å²) in [4.78, 5) is 18.5. The van der Waals surface area contributed by atoms with E-state index in [0.29, 0.717) is 16.8 Å². The van der Waals surface area contributed by atoms with Crippen molar-refractivity contribution in [1.29, 1.82) is 0 Å². The second-order valence-electron chi connectivity index (χ2n) is 9.38. The van der Waals surface area contributed by atoms with E-state index in [1.165, 1.54) is 17.0 Å². The van der Waals surface area contributed by atoms with Crippen LogP contribution in [0.2, 0.25) is 5.02 Å². The molecule has 2 aliphatic rings. The van der Waals surface area contributed by atoms with Gasteiger partial charge in [0.1, 0.15) is 17.3 Å². The van der Waals surface area contributed by atoms with Crippen LogP contribution < -0.4 is 15.5 Å². The summed E-state index contributed by atoms with van der Waals surface area (Å²) >= 11 is 6.38.